The third-order valence-corrected chi connectivity index (χ3v) is 8.01. The summed E-state index contributed by atoms with van der Waals surface area (Å²) >= 11 is 3.52. The Kier molecular flexibility index (Phi) is 6.02. The summed E-state index contributed by atoms with van der Waals surface area (Å²) in [6, 6.07) is 14.5. The number of aromatic nitrogens is 1. The molecule has 4 rings (SSSR count). The molecular formula is C23H25BrN2O3S. The highest BCUT2D eigenvalue weighted by Gasteiger charge is 2.33. The number of anilines is 1. The van der Waals surface area contributed by atoms with Crippen molar-refractivity contribution in [3.63, 3.8) is 0 Å². The van der Waals surface area contributed by atoms with Crippen LogP contribution in [0.1, 0.15) is 32.3 Å². The van der Waals surface area contributed by atoms with E-state index < -0.39 is 9.84 Å². The van der Waals surface area contributed by atoms with Crippen molar-refractivity contribution in [1.82, 2.24) is 4.98 Å². The molecule has 1 aromatic heterocycles. The van der Waals surface area contributed by atoms with Crippen LogP contribution in [-0.4, -0.2) is 26.5 Å². The largest absolute Gasteiger partial charge is 0.419 e. The minimum absolute atomic E-state index is 0.00736. The zero-order valence-corrected chi connectivity index (χ0v) is 19.5. The molecule has 0 aliphatic carbocycles. The van der Waals surface area contributed by atoms with E-state index >= 15 is 0 Å². The van der Waals surface area contributed by atoms with Gasteiger partial charge in [0.25, 0.3) is 0 Å². The lowest BCUT2D eigenvalue weighted by molar-refractivity contribution is 0.415. The maximum atomic E-state index is 13.5. The number of oxazole rings is 1. The van der Waals surface area contributed by atoms with Crippen LogP contribution in [0.4, 0.5) is 5.88 Å². The van der Waals surface area contributed by atoms with Crippen LogP contribution >= 0.6 is 15.9 Å². The molecule has 0 atom stereocenters. The fraction of sp³-hybridized carbons (Fsp3) is 0.348. The lowest BCUT2D eigenvalue weighted by Crippen LogP contribution is -2.33. The molecule has 0 amide bonds. The Labute approximate surface area is 186 Å². The van der Waals surface area contributed by atoms with Gasteiger partial charge in [-0.05, 0) is 70.9 Å². The third kappa shape index (κ3) is 4.05. The highest BCUT2D eigenvalue weighted by atomic mass is 79.9. The van der Waals surface area contributed by atoms with Gasteiger partial charge in [0.05, 0.1) is 10.5 Å². The van der Waals surface area contributed by atoms with Crippen LogP contribution in [0.15, 0.2) is 67.3 Å². The molecular weight excluding hydrogens is 464 g/mol. The molecule has 2 aromatic carbocycles. The molecule has 0 radical (unpaired) electrons. The second-order valence-corrected chi connectivity index (χ2v) is 10.5. The van der Waals surface area contributed by atoms with E-state index in [9.17, 15) is 8.42 Å². The number of nitrogens with zero attached hydrogens (tertiary/aromatic N) is 2. The number of sulfone groups is 1. The Morgan fingerprint density at radius 3 is 2.40 bits per heavy atom. The molecule has 1 saturated heterocycles. The second-order valence-electron chi connectivity index (χ2n) is 7.78. The van der Waals surface area contributed by atoms with Crippen molar-refractivity contribution < 1.29 is 12.8 Å². The minimum atomic E-state index is -3.82. The van der Waals surface area contributed by atoms with Crippen molar-refractivity contribution in [2.75, 3.05) is 18.0 Å². The summed E-state index contributed by atoms with van der Waals surface area (Å²) in [4.78, 5) is 6.75. The molecule has 1 aliphatic heterocycles. The van der Waals surface area contributed by atoms with Gasteiger partial charge in [0, 0.05) is 17.6 Å². The van der Waals surface area contributed by atoms with E-state index in [1.54, 1.807) is 12.1 Å². The third-order valence-electron chi connectivity index (χ3n) is 5.65. The molecule has 0 bridgehead atoms. The van der Waals surface area contributed by atoms with Gasteiger partial charge in [-0.3, -0.25) is 0 Å². The molecule has 2 heterocycles. The Morgan fingerprint density at radius 1 is 1.10 bits per heavy atom. The number of benzene rings is 2. The SMILES string of the molecule is CCc1ccc(S(=O)(=O)c2nc(-c3ccccc3Br)oc2N2CCC(C)CC2)cc1. The van der Waals surface area contributed by atoms with Gasteiger partial charge in [0.15, 0.2) is 0 Å². The van der Waals surface area contributed by atoms with E-state index in [1.165, 1.54) is 0 Å². The first-order valence-electron chi connectivity index (χ1n) is 10.2. The molecule has 0 unspecified atom stereocenters. The average molecular weight is 489 g/mol. The first-order chi connectivity index (χ1) is 14.4. The molecule has 1 fully saturated rings. The molecule has 7 heteroatoms. The van der Waals surface area contributed by atoms with Gasteiger partial charge in [-0.25, -0.2) is 8.42 Å². The summed E-state index contributed by atoms with van der Waals surface area (Å²) in [5.74, 6) is 1.26. The summed E-state index contributed by atoms with van der Waals surface area (Å²) in [5.41, 5.74) is 1.82. The predicted molar refractivity (Wildman–Crippen MR) is 122 cm³/mol. The van der Waals surface area contributed by atoms with E-state index in [2.05, 4.69) is 27.8 Å². The highest BCUT2D eigenvalue weighted by molar-refractivity contribution is 9.10. The van der Waals surface area contributed by atoms with Crippen LogP contribution in [0, 0.1) is 5.92 Å². The maximum Gasteiger partial charge on any atom is 0.236 e. The van der Waals surface area contributed by atoms with Crippen LogP contribution in [0.3, 0.4) is 0 Å². The molecule has 158 valence electrons. The monoisotopic (exact) mass is 488 g/mol. The summed E-state index contributed by atoms with van der Waals surface area (Å²) in [6.07, 6.45) is 2.85. The smallest absolute Gasteiger partial charge is 0.236 e. The number of piperidine rings is 1. The first kappa shape index (κ1) is 21.1. The zero-order valence-electron chi connectivity index (χ0n) is 17.1. The van der Waals surface area contributed by atoms with Crippen LogP contribution < -0.4 is 4.90 Å². The van der Waals surface area contributed by atoms with E-state index in [0.717, 1.165) is 48.0 Å². The standard InChI is InChI=1S/C23H25BrN2O3S/c1-3-17-8-10-18(11-9-17)30(27,28)22-23(26-14-12-16(2)13-15-26)29-21(25-22)19-6-4-5-7-20(19)24/h4-11,16H,3,12-15H2,1-2H3. The Hall–Kier alpha value is -2.12. The Bertz CT molecular complexity index is 1130. The fourth-order valence-electron chi connectivity index (χ4n) is 3.65. The fourth-order valence-corrected chi connectivity index (χ4v) is 5.43. The van der Waals surface area contributed by atoms with Gasteiger partial charge >= 0.3 is 0 Å². The van der Waals surface area contributed by atoms with Crippen LogP contribution in [0.25, 0.3) is 11.5 Å². The van der Waals surface area contributed by atoms with Crippen molar-refractivity contribution in [2.24, 2.45) is 5.92 Å². The van der Waals surface area contributed by atoms with Crippen molar-refractivity contribution in [3.05, 3.63) is 58.6 Å². The Balaban J connectivity index is 1.83. The summed E-state index contributed by atoms with van der Waals surface area (Å²) in [6.45, 7) is 5.77. The van der Waals surface area contributed by atoms with E-state index in [1.807, 2.05) is 48.2 Å². The normalized spacial score (nSPS) is 15.5. The first-order valence-corrected chi connectivity index (χ1v) is 12.5. The molecule has 0 saturated carbocycles. The number of rotatable bonds is 5. The molecule has 0 N–H and O–H groups in total. The van der Waals surface area contributed by atoms with Crippen molar-refractivity contribution in [2.45, 2.75) is 43.0 Å². The van der Waals surface area contributed by atoms with Crippen LogP contribution in [-0.2, 0) is 16.3 Å². The second kappa shape index (κ2) is 8.55. The van der Waals surface area contributed by atoms with Gasteiger partial charge in [-0.15, -0.1) is 0 Å². The van der Waals surface area contributed by atoms with Gasteiger partial charge < -0.3 is 9.32 Å². The molecule has 3 aromatic rings. The van der Waals surface area contributed by atoms with Crippen molar-refractivity contribution >= 4 is 31.7 Å². The number of hydrogen-bond donors (Lipinski definition) is 0. The van der Waals surface area contributed by atoms with Gasteiger partial charge in [0.2, 0.25) is 26.6 Å². The van der Waals surface area contributed by atoms with E-state index in [0.29, 0.717) is 17.7 Å². The quantitative estimate of drug-likeness (QED) is 0.458. The van der Waals surface area contributed by atoms with Gasteiger partial charge in [-0.2, -0.15) is 4.98 Å². The zero-order chi connectivity index (χ0) is 21.3. The van der Waals surface area contributed by atoms with E-state index in [-0.39, 0.29) is 9.92 Å². The topological polar surface area (TPSA) is 63.4 Å². The highest BCUT2D eigenvalue weighted by Crippen LogP contribution is 2.38. The van der Waals surface area contributed by atoms with Crippen molar-refractivity contribution in [3.8, 4) is 11.5 Å². The van der Waals surface area contributed by atoms with E-state index in [4.69, 9.17) is 4.42 Å². The van der Waals surface area contributed by atoms with Gasteiger partial charge in [0.1, 0.15) is 0 Å². The number of halogens is 1. The van der Waals surface area contributed by atoms with Crippen LogP contribution in [0.2, 0.25) is 0 Å². The summed E-state index contributed by atoms with van der Waals surface area (Å²) in [7, 11) is -3.82. The average Bonchev–Trinajstić information content (AvgIpc) is 3.21. The van der Waals surface area contributed by atoms with Crippen molar-refractivity contribution in [1.29, 1.82) is 0 Å². The van der Waals surface area contributed by atoms with Gasteiger partial charge in [-0.1, -0.05) is 38.1 Å². The molecule has 0 spiro atoms. The minimum Gasteiger partial charge on any atom is -0.419 e. The number of hydrogen-bond acceptors (Lipinski definition) is 5. The molecule has 5 nitrogen and oxygen atoms in total. The molecule has 30 heavy (non-hydrogen) atoms. The molecule has 1 aliphatic rings. The summed E-state index contributed by atoms with van der Waals surface area (Å²) in [5, 5.41) is -0.00736. The lowest BCUT2D eigenvalue weighted by Gasteiger charge is -2.30. The maximum absolute atomic E-state index is 13.5. The summed E-state index contributed by atoms with van der Waals surface area (Å²) < 4.78 is 34.0. The Morgan fingerprint density at radius 2 is 1.77 bits per heavy atom. The lowest BCUT2D eigenvalue weighted by atomic mass is 9.99. The number of aryl methyl sites for hydroxylation is 1. The van der Waals surface area contributed by atoms with Crippen LogP contribution in [0.5, 0.6) is 0 Å². The predicted octanol–water partition coefficient (Wildman–Crippen LogP) is 5.74.